The molecule has 0 bridgehead atoms. The van der Waals surface area contributed by atoms with Crippen molar-refractivity contribution in [1.82, 2.24) is 0 Å². The van der Waals surface area contributed by atoms with Crippen molar-refractivity contribution in [2.75, 3.05) is 26.2 Å². The predicted molar refractivity (Wildman–Crippen MR) is 136 cm³/mol. The first-order chi connectivity index (χ1) is 16.1. The highest BCUT2D eigenvalue weighted by atomic mass is 32.2. The standard InChI is InChI=1S/C9H11NS.C9H10O3.C7H8O3S/c1-7-10(2)8-5-3-4-6-9(8)11-7;1-11-8-4-3-7(6-10)5-9(8)12-2;1-6-2-4-7(5-3-6)11(8,9)10/h3-7H,1-2H3;3-6H,1-2H3;2-5H,1H3,(H,8,9,10). The summed E-state index contributed by atoms with van der Waals surface area (Å²) < 4.78 is 39.5. The van der Waals surface area contributed by atoms with Crippen molar-refractivity contribution in [3.63, 3.8) is 0 Å². The number of carbonyl (C=O) groups is 1. The van der Waals surface area contributed by atoms with E-state index >= 15 is 0 Å². The summed E-state index contributed by atoms with van der Waals surface area (Å²) in [5, 5.41) is 0.590. The Morgan fingerprint density at radius 2 is 1.59 bits per heavy atom. The van der Waals surface area contributed by atoms with Gasteiger partial charge in [-0.25, -0.2) is 0 Å². The number of carbonyl (C=O) groups excluding carboxylic acids is 1. The van der Waals surface area contributed by atoms with Crippen LogP contribution in [0.2, 0.25) is 0 Å². The summed E-state index contributed by atoms with van der Waals surface area (Å²) in [7, 11) is 1.21. The number of hydrogen-bond donors (Lipinski definition) is 1. The van der Waals surface area contributed by atoms with Crippen LogP contribution < -0.4 is 14.4 Å². The van der Waals surface area contributed by atoms with Gasteiger partial charge in [0.1, 0.15) is 6.29 Å². The second-order valence-corrected chi connectivity index (χ2v) is 10.1. The molecule has 9 heteroatoms. The number of aryl methyl sites for hydroxylation is 1. The predicted octanol–water partition coefficient (Wildman–Crippen LogP) is 5.33. The Labute approximate surface area is 205 Å². The van der Waals surface area contributed by atoms with Gasteiger partial charge in [0, 0.05) is 17.5 Å². The average molecular weight is 504 g/mol. The molecule has 0 saturated heterocycles. The Hall–Kier alpha value is -3.01. The number of fused-ring (bicyclic) bond motifs is 1. The quantitative estimate of drug-likeness (QED) is 0.377. The zero-order valence-corrected chi connectivity index (χ0v) is 21.4. The fraction of sp³-hybridized carbons (Fsp3) is 0.240. The highest BCUT2D eigenvalue weighted by Crippen LogP contribution is 2.41. The third-order valence-electron chi connectivity index (χ3n) is 4.95. The fourth-order valence-corrected chi connectivity index (χ4v) is 4.55. The van der Waals surface area contributed by atoms with Gasteiger partial charge in [-0.2, -0.15) is 8.42 Å². The summed E-state index contributed by atoms with van der Waals surface area (Å²) in [6, 6.07) is 19.5. The molecule has 4 rings (SSSR count). The minimum atomic E-state index is -4.02. The summed E-state index contributed by atoms with van der Waals surface area (Å²) >= 11 is 1.93. The van der Waals surface area contributed by atoms with Crippen molar-refractivity contribution in [3.8, 4) is 11.5 Å². The topological polar surface area (TPSA) is 93.1 Å². The lowest BCUT2D eigenvalue weighted by Crippen LogP contribution is -2.20. The lowest BCUT2D eigenvalue weighted by atomic mass is 10.2. The Morgan fingerprint density at radius 1 is 0.971 bits per heavy atom. The monoisotopic (exact) mass is 503 g/mol. The van der Waals surface area contributed by atoms with E-state index in [-0.39, 0.29) is 4.90 Å². The van der Waals surface area contributed by atoms with E-state index < -0.39 is 10.1 Å². The van der Waals surface area contributed by atoms with Crippen LogP contribution in [-0.2, 0) is 10.1 Å². The SMILES string of the molecule is CC1Sc2ccccc2N1C.COc1ccc(C=O)cc1OC.Cc1ccc(S(=O)(=O)O)cc1. The molecule has 1 aliphatic rings. The van der Waals surface area contributed by atoms with Crippen LogP contribution in [0.1, 0.15) is 22.8 Å². The average Bonchev–Trinajstić information content (AvgIpc) is 3.12. The smallest absolute Gasteiger partial charge is 0.294 e. The number of para-hydroxylation sites is 1. The molecule has 0 fully saturated rings. The number of hydrogen-bond acceptors (Lipinski definition) is 7. The maximum absolute atomic E-state index is 10.5. The third kappa shape index (κ3) is 7.51. The zero-order chi connectivity index (χ0) is 25.3. The maximum Gasteiger partial charge on any atom is 0.294 e. The van der Waals surface area contributed by atoms with Crippen LogP contribution in [0.25, 0.3) is 0 Å². The molecule has 1 N–H and O–H groups in total. The zero-order valence-electron chi connectivity index (χ0n) is 19.8. The molecule has 0 radical (unpaired) electrons. The Bertz CT molecular complexity index is 1200. The van der Waals surface area contributed by atoms with Gasteiger partial charge in [-0.1, -0.05) is 41.6 Å². The first-order valence-corrected chi connectivity index (χ1v) is 12.6. The molecule has 182 valence electrons. The molecule has 3 aromatic rings. The van der Waals surface area contributed by atoms with E-state index in [0.29, 0.717) is 22.4 Å². The number of methoxy groups -OCH3 is 2. The third-order valence-corrected chi connectivity index (χ3v) is 7.08. The largest absolute Gasteiger partial charge is 0.493 e. The molecule has 1 atom stereocenters. The van der Waals surface area contributed by atoms with Crippen molar-refractivity contribution in [3.05, 3.63) is 77.9 Å². The molecule has 0 spiro atoms. The van der Waals surface area contributed by atoms with E-state index in [4.69, 9.17) is 14.0 Å². The molecule has 1 heterocycles. The molecule has 0 saturated carbocycles. The van der Waals surface area contributed by atoms with Gasteiger partial charge in [-0.15, -0.1) is 0 Å². The number of aldehydes is 1. The van der Waals surface area contributed by atoms with Gasteiger partial charge in [0.15, 0.2) is 11.5 Å². The molecular formula is C25H29NO6S2. The van der Waals surface area contributed by atoms with E-state index in [1.54, 1.807) is 37.4 Å². The Morgan fingerprint density at radius 3 is 2.12 bits per heavy atom. The van der Waals surface area contributed by atoms with Crippen LogP contribution in [0.4, 0.5) is 5.69 Å². The highest BCUT2D eigenvalue weighted by Gasteiger charge is 2.22. The van der Waals surface area contributed by atoms with Crippen molar-refractivity contribution in [1.29, 1.82) is 0 Å². The minimum absolute atomic E-state index is 0.0666. The van der Waals surface area contributed by atoms with Crippen LogP contribution in [0, 0.1) is 6.92 Å². The summed E-state index contributed by atoms with van der Waals surface area (Å²) in [5.74, 6) is 1.20. The van der Waals surface area contributed by atoms with E-state index in [2.05, 4.69) is 43.1 Å². The first kappa shape index (κ1) is 27.2. The highest BCUT2D eigenvalue weighted by molar-refractivity contribution is 8.00. The number of thioether (sulfide) groups is 1. The molecule has 3 aromatic carbocycles. The van der Waals surface area contributed by atoms with Crippen molar-refractivity contribution < 1.29 is 27.2 Å². The fourth-order valence-electron chi connectivity index (χ4n) is 2.94. The molecule has 7 nitrogen and oxygen atoms in total. The van der Waals surface area contributed by atoms with Crippen LogP contribution in [0.15, 0.2) is 76.5 Å². The number of ether oxygens (including phenoxy) is 2. The summed E-state index contributed by atoms with van der Waals surface area (Å²) in [5.41, 5.74) is 2.90. The number of benzene rings is 3. The van der Waals surface area contributed by atoms with Crippen molar-refractivity contribution >= 4 is 33.9 Å². The Kier molecular flexibility index (Phi) is 9.97. The number of nitrogens with zero attached hydrogens (tertiary/aromatic N) is 1. The van der Waals surface area contributed by atoms with Crippen LogP contribution in [0.5, 0.6) is 11.5 Å². The molecule has 1 unspecified atom stereocenters. The van der Waals surface area contributed by atoms with Gasteiger partial charge in [0.2, 0.25) is 0 Å². The summed E-state index contributed by atoms with van der Waals surface area (Å²) in [6.45, 7) is 4.07. The molecule has 0 aliphatic carbocycles. The molecule has 34 heavy (non-hydrogen) atoms. The molecule has 0 aromatic heterocycles. The van der Waals surface area contributed by atoms with Gasteiger partial charge in [-0.05, 0) is 56.3 Å². The van der Waals surface area contributed by atoms with E-state index in [1.165, 1.54) is 29.8 Å². The lowest BCUT2D eigenvalue weighted by molar-refractivity contribution is 0.112. The van der Waals surface area contributed by atoms with E-state index in [9.17, 15) is 13.2 Å². The normalized spacial score (nSPS) is 14.1. The molecule has 0 amide bonds. The number of rotatable bonds is 4. The minimum Gasteiger partial charge on any atom is -0.493 e. The van der Waals surface area contributed by atoms with Crippen LogP contribution >= 0.6 is 11.8 Å². The van der Waals surface area contributed by atoms with E-state index in [1.807, 2.05) is 18.7 Å². The van der Waals surface area contributed by atoms with Crippen LogP contribution in [-0.4, -0.2) is 45.9 Å². The van der Waals surface area contributed by atoms with Crippen LogP contribution in [0.3, 0.4) is 0 Å². The maximum atomic E-state index is 10.5. The van der Waals surface area contributed by atoms with E-state index in [0.717, 1.165) is 11.8 Å². The number of anilines is 1. The molecular weight excluding hydrogens is 474 g/mol. The Balaban J connectivity index is 0.000000180. The molecule has 1 aliphatic heterocycles. The van der Waals surface area contributed by atoms with Crippen molar-refractivity contribution in [2.45, 2.75) is 29.0 Å². The van der Waals surface area contributed by atoms with Gasteiger partial charge in [0.25, 0.3) is 10.1 Å². The first-order valence-electron chi connectivity index (χ1n) is 10.3. The second-order valence-electron chi connectivity index (χ2n) is 7.32. The lowest BCUT2D eigenvalue weighted by Gasteiger charge is -2.16. The van der Waals surface area contributed by atoms with Gasteiger partial charge >= 0.3 is 0 Å². The summed E-state index contributed by atoms with van der Waals surface area (Å²) in [4.78, 5) is 14.0. The van der Waals surface area contributed by atoms with Gasteiger partial charge in [-0.3, -0.25) is 9.35 Å². The van der Waals surface area contributed by atoms with Gasteiger partial charge in [0.05, 0.1) is 30.2 Å². The van der Waals surface area contributed by atoms with Crippen molar-refractivity contribution in [2.24, 2.45) is 0 Å². The second kappa shape index (κ2) is 12.5. The summed E-state index contributed by atoms with van der Waals surface area (Å²) in [6.07, 6.45) is 0.766. The van der Waals surface area contributed by atoms with Gasteiger partial charge < -0.3 is 14.4 Å².